The largest absolute Gasteiger partial charge is 0.460 e. The number of nitrogens with zero attached hydrogens (tertiary/aromatic N) is 1. The van der Waals surface area contributed by atoms with Crippen LogP contribution in [0.5, 0.6) is 0 Å². The van der Waals surface area contributed by atoms with Gasteiger partial charge < -0.3 is 10.5 Å². The smallest absolute Gasteiger partial charge is 0.376 e. The molecule has 0 radical (unpaired) electrons. The summed E-state index contributed by atoms with van der Waals surface area (Å²) in [7, 11) is 0. The van der Waals surface area contributed by atoms with Gasteiger partial charge in [-0.15, -0.1) is 0 Å². The zero-order valence-electron chi connectivity index (χ0n) is 7.35. The number of amidine groups is 1. The van der Waals surface area contributed by atoms with Crippen LogP contribution in [0.1, 0.15) is 6.92 Å². The summed E-state index contributed by atoms with van der Waals surface area (Å²) in [6.45, 7) is 1.66. The molecule has 76 valence electrons. The Labute approximate surface area is 83.9 Å². The summed E-state index contributed by atoms with van der Waals surface area (Å²) in [5.74, 6) is -2.64. The third-order valence-electron chi connectivity index (χ3n) is 1.40. The van der Waals surface area contributed by atoms with E-state index in [2.05, 4.69) is 9.73 Å². The number of hydrogen-bond acceptors (Lipinski definition) is 6. The van der Waals surface area contributed by atoms with Crippen LogP contribution in [-0.4, -0.2) is 34.7 Å². The van der Waals surface area contributed by atoms with Gasteiger partial charge in [0.2, 0.25) is 0 Å². The van der Waals surface area contributed by atoms with Crippen molar-refractivity contribution in [3.05, 3.63) is 0 Å². The lowest BCUT2D eigenvalue weighted by Crippen LogP contribution is -2.31. The number of rotatable bonds is 3. The molecule has 6 nitrogen and oxygen atoms in total. The van der Waals surface area contributed by atoms with E-state index < -0.39 is 22.9 Å². The van der Waals surface area contributed by atoms with E-state index in [1.165, 1.54) is 0 Å². The molecule has 1 amide bonds. The van der Waals surface area contributed by atoms with Gasteiger partial charge in [-0.05, 0) is 6.92 Å². The molecule has 1 aliphatic rings. The van der Waals surface area contributed by atoms with Gasteiger partial charge in [-0.3, -0.25) is 9.59 Å². The van der Waals surface area contributed by atoms with Crippen LogP contribution >= 0.6 is 11.8 Å². The fourth-order valence-electron chi connectivity index (χ4n) is 0.840. The molecule has 1 rings (SSSR count). The quantitative estimate of drug-likeness (QED) is 0.372. The molecule has 1 aliphatic heterocycles. The van der Waals surface area contributed by atoms with Crippen molar-refractivity contribution < 1.29 is 19.1 Å². The molecule has 0 spiro atoms. The number of thioether (sulfide) groups is 1. The Bertz CT molecular complexity index is 326. The molecule has 0 saturated heterocycles. The first kappa shape index (κ1) is 10.7. The Morgan fingerprint density at radius 3 is 2.71 bits per heavy atom. The Morgan fingerprint density at radius 2 is 2.29 bits per heavy atom. The summed E-state index contributed by atoms with van der Waals surface area (Å²) in [6, 6.07) is 0. The van der Waals surface area contributed by atoms with Crippen molar-refractivity contribution in [2.45, 2.75) is 12.2 Å². The van der Waals surface area contributed by atoms with Gasteiger partial charge in [0.15, 0.2) is 10.4 Å². The van der Waals surface area contributed by atoms with Gasteiger partial charge in [0.05, 0.1) is 6.61 Å². The summed E-state index contributed by atoms with van der Waals surface area (Å²) in [6.07, 6.45) is 0. The lowest BCUT2D eigenvalue weighted by atomic mass is 10.2. The SMILES string of the molecule is CCOC(=O)C(=O)C1SC(N)=NC1=O. The summed E-state index contributed by atoms with van der Waals surface area (Å²) in [5.41, 5.74) is 5.22. The number of carbonyl (C=O) groups excluding carboxylic acids is 3. The molecule has 0 bridgehead atoms. The van der Waals surface area contributed by atoms with Gasteiger partial charge in [-0.1, -0.05) is 11.8 Å². The standard InChI is InChI=1S/C7H8N2O4S/c1-2-13-6(12)3(10)4-5(11)9-7(8)14-4/h4H,2H2,1H3,(H2,8,9,11). The minimum absolute atomic E-state index is 0.00218. The fourth-order valence-corrected chi connectivity index (χ4v) is 1.58. The maximum atomic E-state index is 11.2. The van der Waals surface area contributed by atoms with Crippen LogP contribution in [0, 0.1) is 0 Å². The minimum atomic E-state index is -1.16. The number of Topliss-reactive ketones (excluding diaryl/α,β-unsaturated/α-hetero) is 1. The van der Waals surface area contributed by atoms with Crippen molar-refractivity contribution in [3.63, 3.8) is 0 Å². The van der Waals surface area contributed by atoms with Crippen molar-refractivity contribution >= 4 is 34.6 Å². The van der Waals surface area contributed by atoms with E-state index in [9.17, 15) is 14.4 Å². The number of carbonyl (C=O) groups is 3. The first-order chi connectivity index (χ1) is 6.56. The van der Waals surface area contributed by atoms with Gasteiger partial charge in [-0.2, -0.15) is 4.99 Å². The molecule has 1 heterocycles. The highest BCUT2D eigenvalue weighted by Gasteiger charge is 2.38. The Kier molecular flexibility index (Phi) is 3.23. The number of aliphatic imine (C=N–C) groups is 1. The average molecular weight is 216 g/mol. The topological polar surface area (TPSA) is 98.8 Å². The van der Waals surface area contributed by atoms with E-state index in [0.717, 1.165) is 11.8 Å². The molecular weight excluding hydrogens is 208 g/mol. The summed E-state index contributed by atoms with van der Waals surface area (Å²) in [4.78, 5) is 36.5. The predicted octanol–water partition coefficient (Wildman–Crippen LogP) is -0.925. The fraction of sp³-hybridized carbons (Fsp3) is 0.429. The van der Waals surface area contributed by atoms with E-state index in [-0.39, 0.29) is 11.8 Å². The van der Waals surface area contributed by atoms with Gasteiger partial charge >= 0.3 is 5.97 Å². The van der Waals surface area contributed by atoms with Crippen LogP contribution < -0.4 is 5.73 Å². The molecule has 0 saturated carbocycles. The lowest BCUT2D eigenvalue weighted by Gasteiger charge is -2.03. The van der Waals surface area contributed by atoms with Crippen molar-refractivity contribution in [2.75, 3.05) is 6.61 Å². The van der Waals surface area contributed by atoms with Crippen LogP contribution in [0.4, 0.5) is 0 Å². The van der Waals surface area contributed by atoms with Gasteiger partial charge in [0.1, 0.15) is 0 Å². The summed E-state index contributed by atoms with van der Waals surface area (Å²) >= 11 is 0.764. The second-order valence-corrected chi connectivity index (χ2v) is 3.50. The normalized spacial score (nSPS) is 20.5. The number of ether oxygens (including phenoxy) is 1. The number of hydrogen-bond donors (Lipinski definition) is 1. The van der Waals surface area contributed by atoms with Crippen molar-refractivity contribution in [1.29, 1.82) is 0 Å². The number of amides is 1. The number of nitrogens with two attached hydrogens (primary N) is 1. The predicted molar refractivity (Wildman–Crippen MR) is 49.6 cm³/mol. The molecule has 0 fully saturated rings. The first-order valence-electron chi connectivity index (χ1n) is 3.82. The molecule has 0 aliphatic carbocycles. The highest BCUT2D eigenvalue weighted by molar-refractivity contribution is 8.16. The molecular formula is C7H8N2O4S. The van der Waals surface area contributed by atoms with Crippen LogP contribution in [0.2, 0.25) is 0 Å². The van der Waals surface area contributed by atoms with E-state index >= 15 is 0 Å². The second kappa shape index (κ2) is 4.23. The van der Waals surface area contributed by atoms with E-state index in [4.69, 9.17) is 5.73 Å². The monoisotopic (exact) mass is 216 g/mol. The minimum Gasteiger partial charge on any atom is -0.460 e. The maximum Gasteiger partial charge on any atom is 0.376 e. The number of ketones is 1. The first-order valence-corrected chi connectivity index (χ1v) is 4.69. The highest BCUT2D eigenvalue weighted by atomic mass is 32.2. The molecule has 14 heavy (non-hydrogen) atoms. The molecule has 0 aromatic heterocycles. The van der Waals surface area contributed by atoms with Crippen LogP contribution in [0.25, 0.3) is 0 Å². The zero-order valence-corrected chi connectivity index (χ0v) is 8.17. The average Bonchev–Trinajstić information content (AvgIpc) is 2.44. The molecule has 1 atom stereocenters. The second-order valence-electron chi connectivity index (χ2n) is 2.37. The highest BCUT2D eigenvalue weighted by Crippen LogP contribution is 2.20. The summed E-state index contributed by atoms with van der Waals surface area (Å²) < 4.78 is 4.45. The van der Waals surface area contributed by atoms with Crippen LogP contribution in [-0.2, 0) is 19.1 Å². The Morgan fingerprint density at radius 1 is 1.64 bits per heavy atom. The van der Waals surface area contributed by atoms with E-state index in [1.807, 2.05) is 0 Å². The van der Waals surface area contributed by atoms with Gasteiger partial charge in [0.25, 0.3) is 11.7 Å². The Hall–Kier alpha value is -1.37. The number of esters is 1. The van der Waals surface area contributed by atoms with Crippen molar-refractivity contribution in [2.24, 2.45) is 10.7 Å². The van der Waals surface area contributed by atoms with Crippen molar-refractivity contribution in [3.8, 4) is 0 Å². The lowest BCUT2D eigenvalue weighted by molar-refractivity contribution is -0.153. The molecule has 0 aromatic carbocycles. The van der Waals surface area contributed by atoms with E-state index in [1.54, 1.807) is 6.92 Å². The molecule has 2 N–H and O–H groups in total. The van der Waals surface area contributed by atoms with E-state index in [0.29, 0.717) is 0 Å². The molecule has 7 heteroatoms. The molecule has 0 aromatic rings. The third-order valence-corrected chi connectivity index (χ3v) is 2.38. The van der Waals surface area contributed by atoms with Gasteiger partial charge in [0, 0.05) is 0 Å². The van der Waals surface area contributed by atoms with Crippen LogP contribution in [0.3, 0.4) is 0 Å². The molecule has 1 unspecified atom stereocenters. The maximum absolute atomic E-state index is 11.2. The van der Waals surface area contributed by atoms with Crippen molar-refractivity contribution in [1.82, 2.24) is 0 Å². The zero-order chi connectivity index (χ0) is 10.7. The summed E-state index contributed by atoms with van der Waals surface area (Å²) in [5, 5.41) is -1.16. The van der Waals surface area contributed by atoms with Gasteiger partial charge in [-0.25, -0.2) is 4.79 Å². The third kappa shape index (κ3) is 2.11. The van der Waals surface area contributed by atoms with Crippen LogP contribution in [0.15, 0.2) is 4.99 Å². The Balaban J connectivity index is 2.64.